The number of carbonyl (C=O) groups excluding carboxylic acids is 1. The predicted molar refractivity (Wildman–Crippen MR) is 166 cm³/mol. The van der Waals surface area contributed by atoms with E-state index in [4.69, 9.17) is 9.72 Å². The number of carbonyl (C=O) groups is 1. The molecule has 3 aromatic heterocycles. The van der Waals surface area contributed by atoms with Crippen molar-refractivity contribution in [1.29, 1.82) is 0 Å². The van der Waals surface area contributed by atoms with Gasteiger partial charge in [-0.1, -0.05) is 36.1 Å². The molecule has 2 saturated heterocycles. The average molecular weight is 601 g/mol. The van der Waals surface area contributed by atoms with E-state index in [9.17, 15) is 4.79 Å². The number of likely N-dealkylation sites (tertiary alicyclic amines) is 1. The second kappa shape index (κ2) is 13.0. The Hall–Kier alpha value is -4.20. The molecule has 224 valence electrons. The van der Waals surface area contributed by atoms with Crippen LogP contribution < -0.4 is 10.6 Å². The van der Waals surface area contributed by atoms with Crippen molar-refractivity contribution in [2.45, 2.75) is 51.5 Å². The number of aromatic nitrogens is 6. The fraction of sp³-hybridized carbons (Fsp3) is 0.400. The Balaban J connectivity index is 1.21. The Morgan fingerprint density at radius 2 is 1.93 bits per heavy atom. The summed E-state index contributed by atoms with van der Waals surface area (Å²) < 4.78 is 5.94. The van der Waals surface area contributed by atoms with Crippen molar-refractivity contribution in [2.24, 2.45) is 0 Å². The number of pyridine rings is 1. The predicted octanol–water partition coefficient (Wildman–Crippen LogP) is 4.12. The second-order valence-corrected chi connectivity index (χ2v) is 12.1. The summed E-state index contributed by atoms with van der Waals surface area (Å²) in [5.41, 5.74) is 1.96. The molecule has 1 aromatic carbocycles. The molecule has 2 aliphatic heterocycles. The third-order valence-electron chi connectivity index (χ3n) is 7.41. The lowest BCUT2D eigenvalue weighted by atomic mass is 10.1. The molecule has 0 aliphatic carbocycles. The van der Waals surface area contributed by atoms with Gasteiger partial charge in [0.15, 0.2) is 5.13 Å². The van der Waals surface area contributed by atoms with E-state index in [1.807, 2.05) is 35.2 Å². The number of hydrogen-bond acceptors (Lipinski definition) is 11. The van der Waals surface area contributed by atoms with Gasteiger partial charge in [0.2, 0.25) is 11.7 Å². The van der Waals surface area contributed by atoms with Gasteiger partial charge in [0, 0.05) is 38.8 Å². The van der Waals surface area contributed by atoms with Gasteiger partial charge in [0.05, 0.1) is 29.0 Å². The van der Waals surface area contributed by atoms with Gasteiger partial charge in [-0.05, 0) is 67.8 Å². The molecule has 0 saturated carbocycles. The Morgan fingerprint density at radius 3 is 2.72 bits per heavy atom. The number of morpholine rings is 1. The highest BCUT2D eigenvalue weighted by molar-refractivity contribution is 7.18. The lowest BCUT2D eigenvalue weighted by Crippen LogP contribution is -2.45. The summed E-state index contributed by atoms with van der Waals surface area (Å²) in [4.78, 5) is 28.3. The smallest absolute Gasteiger partial charge is 0.246 e. The summed E-state index contributed by atoms with van der Waals surface area (Å²) in [6.07, 6.45) is 5.37. The number of rotatable bonds is 9. The molecule has 2 fully saturated rings. The first-order chi connectivity index (χ1) is 20.9. The van der Waals surface area contributed by atoms with Crippen molar-refractivity contribution in [2.75, 3.05) is 36.8 Å². The van der Waals surface area contributed by atoms with Crippen LogP contribution in [-0.4, -0.2) is 90.3 Å². The van der Waals surface area contributed by atoms with E-state index in [1.54, 1.807) is 6.20 Å². The number of nitrogens with zero attached hydrogens (tertiary/aromatic N) is 8. The molecule has 0 unspecified atom stereocenters. The third kappa shape index (κ3) is 7.24. The number of thiazole rings is 1. The van der Waals surface area contributed by atoms with Crippen LogP contribution in [0.1, 0.15) is 32.3 Å². The van der Waals surface area contributed by atoms with Crippen molar-refractivity contribution in [1.82, 2.24) is 40.0 Å². The Bertz CT molecular complexity index is 1550. The van der Waals surface area contributed by atoms with Crippen LogP contribution in [0.25, 0.3) is 16.4 Å². The van der Waals surface area contributed by atoms with E-state index in [2.05, 4.69) is 68.5 Å². The van der Waals surface area contributed by atoms with E-state index in [0.717, 1.165) is 61.0 Å². The van der Waals surface area contributed by atoms with Gasteiger partial charge in [0.25, 0.3) is 0 Å². The quantitative estimate of drug-likeness (QED) is 0.271. The normalized spacial score (nSPS) is 21.0. The minimum absolute atomic E-state index is 0.0380. The monoisotopic (exact) mass is 600 g/mol. The number of tetrazole rings is 1. The van der Waals surface area contributed by atoms with Crippen molar-refractivity contribution in [3.05, 3.63) is 66.9 Å². The number of piperidine rings is 1. The molecule has 2 N–H and O–H groups in total. The molecule has 3 atom stereocenters. The minimum atomic E-state index is -0.0380. The van der Waals surface area contributed by atoms with Crippen LogP contribution in [0.4, 0.5) is 16.8 Å². The van der Waals surface area contributed by atoms with Gasteiger partial charge in [-0.2, -0.15) is 0 Å². The van der Waals surface area contributed by atoms with Crippen molar-refractivity contribution in [3.8, 4) is 16.4 Å². The zero-order valence-electron chi connectivity index (χ0n) is 24.4. The van der Waals surface area contributed by atoms with Gasteiger partial charge in [-0.15, -0.1) is 15.0 Å². The van der Waals surface area contributed by atoms with Crippen LogP contribution >= 0.6 is 11.3 Å². The summed E-state index contributed by atoms with van der Waals surface area (Å²) in [7, 11) is 0. The molecule has 2 aliphatic rings. The van der Waals surface area contributed by atoms with E-state index in [0.29, 0.717) is 23.3 Å². The van der Waals surface area contributed by atoms with Crippen LogP contribution in [0.3, 0.4) is 0 Å². The average Bonchev–Trinajstić information content (AvgIpc) is 3.67. The van der Waals surface area contributed by atoms with Gasteiger partial charge in [0.1, 0.15) is 11.6 Å². The molecular weight excluding hydrogens is 564 g/mol. The first-order valence-corrected chi connectivity index (χ1v) is 15.4. The highest BCUT2D eigenvalue weighted by Gasteiger charge is 2.25. The number of ether oxygens (including phenoxy) is 1. The molecule has 0 spiro atoms. The highest BCUT2D eigenvalue weighted by Crippen LogP contribution is 2.29. The maximum Gasteiger partial charge on any atom is 0.246 e. The van der Waals surface area contributed by atoms with E-state index in [1.165, 1.54) is 22.2 Å². The lowest BCUT2D eigenvalue weighted by Gasteiger charge is -2.35. The fourth-order valence-corrected chi connectivity index (χ4v) is 6.40. The molecule has 0 bridgehead atoms. The van der Waals surface area contributed by atoms with Crippen molar-refractivity contribution in [3.63, 3.8) is 0 Å². The number of benzene rings is 1. The van der Waals surface area contributed by atoms with Crippen LogP contribution in [0.5, 0.6) is 0 Å². The molecule has 43 heavy (non-hydrogen) atoms. The Kier molecular flexibility index (Phi) is 8.72. The number of hydrogen-bond donors (Lipinski definition) is 2. The third-order valence-corrected chi connectivity index (χ3v) is 8.32. The van der Waals surface area contributed by atoms with E-state index in [-0.39, 0.29) is 24.2 Å². The molecule has 13 heteroatoms. The number of anilines is 3. The van der Waals surface area contributed by atoms with Crippen LogP contribution in [0.15, 0.2) is 61.3 Å². The highest BCUT2D eigenvalue weighted by atomic mass is 32.1. The zero-order valence-corrected chi connectivity index (χ0v) is 25.2. The topological polar surface area (TPSA) is 126 Å². The summed E-state index contributed by atoms with van der Waals surface area (Å²) in [5.74, 6) is 1.91. The SMILES string of the molecule is C=CC(=O)N1CCC[C@H](Nc2cc(CN3C[C@@H](C)O[C@@H](C)C3)cc(Nc3ncc(-c4nnn(-c5ccccc5)n4)s3)n2)C1. The summed E-state index contributed by atoms with van der Waals surface area (Å²) >= 11 is 1.44. The van der Waals surface area contributed by atoms with Gasteiger partial charge >= 0.3 is 0 Å². The maximum atomic E-state index is 12.2. The first-order valence-electron chi connectivity index (χ1n) is 14.6. The number of amides is 1. The van der Waals surface area contributed by atoms with Gasteiger partial charge < -0.3 is 20.3 Å². The molecule has 12 nitrogen and oxygen atoms in total. The number of para-hydroxylation sites is 1. The van der Waals surface area contributed by atoms with E-state index < -0.39 is 0 Å². The second-order valence-electron chi connectivity index (χ2n) is 11.1. The Labute approximate surface area is 254 Å². The Morgan fingerprint density at radius 1 is 1.14 bits per heavy atom. The molecule has 6 rings (SSSR count). The summed E-state index contributed by atoms with van der Waals surface area (Å²) in [5, 5.41) is 20.6. The zero-order chi connectivity index (χ0) is 29.8. The van der Waals surface area contributed by atoms with Crippen molar-refractivity contribution >= 4 is 34.0 Å². The van der Waals surface area contributed by atoms with Crippen LogP contribution in [-0.2, 0) is 16.1 Å². The molecule has 0 radical (unpaired) electrons. The summed E-state index contributed by atoms with van der Waals surface area (Å²) in [6.45, 7) is 11.7. The minimum Gasteiger partial charge on any atom is -0.373 e. The molecule has 4 aromatic rings. The van der Waals surface area contributed by atoms with Gasteiger partial charge in [-0.3, -0.25) is 9.69 Å². The molecule has 1 amide bonds. The van der Waals surface area contributed by atoms with Gasteiger partial charge in [-0.25, -0.2) is 9.97 Å². The van der Waals surface area contributed by atoms with Crippen LogP contribution in [0, 0.1) is 0 Å². The molecule has 5 heterocycles. The lowest BCUT2D eigenvalue weighted by molar-refractivity contribution is -0.127. The standard InChI is InChI=1S/C30H36N10O2S/c1-4-28(41)39-12-8-9-23(19-39)32-26-13-22(18-38-16-20(2)42-21(3)17-38)14-27(33-26)34-30-31-15-25(43-30)29-35-37-40(36-29)24-10-6-5-7-11-24/h4-7,10-11,13-15,20-21,23H,1,8-9,12,16-19H2,2-3H3,(H2,31,32,33,34)/t20-,21+,23-/m0/s1. The summed E-state index contributed by atoms with van der Waals surface area (Å²) in [6, 6.07) is 13.9. The van der Waals surface area contributed by atoms with Crippen molar-refractivity contribution < 1.29 is 9.53 Å². The first kappa shape index (κ1) is 28.9. The maximum absolute atomic E-state index is 12.2. The fourth-order valence-electron chi connectivity index (χ4n) is 5.65. The molecular formula is C30H36N10O2S. The van der Waals surface area contributed by atoms with E-state index >= 15 is 0 Å². The number of nitrogens with one attached hydrogen (secondary N) is 2. The van der Waals surface area contributed by atoms with Crippen LogP contribution in [0.2, 0.25) is 0 Å². The largest absolute Gasteiger partial charge is 0.373 e.